The summed E-state index contributed by atoms with van der Waals surface area (Å²) in [6.07, 6.45) is 0.947. The zero-order valence-electron chi connectivity index (χ0n) is 12.9. The number of hydrogen-bond acceptors (Lipinski definition) is 5. The Hall–Kier alpha value is -0.200. The van der Waals surface area contributed by atoms with E-state index in [1.54, 1.807) is 0 Å². The summed E-state index contributed by atoms with van der Waals surface area (Å²) >= 11 is 0. The fourth-order valence-corrected chi connectivity index (χ4v) is 1.90. The van der Waals surface area contributed by atoms with Gasteiger partial charge in [-0.05, 0) is 33.4 Å². The Bertz CT molecular complexity index is 172. The molecule has 5 heteroatoms. The number of hydrogen-bond donors (Lipinski definition) is 2. The van der Waals surface area contributed by atoms with E-state index in [1.165, 1.54) is 0 Å². The van der Waals surface area contributed by atoms with Crippen molar-refractivity contribution in [2.75, 3.05) is 59.2 Å². The molecule has 2 N–H and O–H groups in total. The van der Waals surface area contributed by atoms with Gasteiger partial charge in [-0.15, -0.1) is 0 Å². The first-order valence-corrected chi connectivity index (χ1v) is 7.50. The van der Waals surface area contributed by atoms with Gasteiger partial charge in [0.05, 0.1) is 19.8 Å². The molecule has 0 aromatic carbocycles. The highest BCUT2D eigenvalue weighted by atomic mass is 16.5. The number of nitrogens with zero attached hydrogens (tertiary/aromatic N) is 1. The number of aliphatic hydroxyl groups excluding tert-OH is 1. The number of ether oxygens (including phenoxy) is 2. The summed E-state index contributed by atoms with van der Waals surface area (Å²) in [7, 11) is 0. The van der Waals surface area contributed by atoms with Crippen molar-refractivity contribution in [2.24, 2.45) is 0 Å². The molecule has 0 saturated carbocycles. The zero-order chi connectivity index (χ0) is 14.3. The van der Waals surface area contributed by atoms with Crippen molar-refractivity contribution in [3.05, 3.63) is 0 Å². The minimum Gasteiger partial charge on any atom is -0.395 e. The highest BCUT2D eigenvalue weighted by Crippen LogP contribution is 1.97. The lowest BCUT2D eigenvalue weighted by Crippen LogP contribution is -2.38. The normalized spacial score (nSPS) is 13.1. The molecule has 0 aliphatic rings. The molecule has 0 amide bonds. The molecule has 0 aromatic heterocycles. The average Bonchev–Trinajstić information content (AvgIpc) is 2.43. The minimum absolute atomic E-state index is 0.187. The number of aliphatic hydroxyl groups is 1. The second-order valence-electron chi connectivity index (χ2n) is 4.46. The van der Waals surface area contributed by atoms with Crippen LogP contribution in [0.2, 0.25) is 0 Å². The molecule has 0 aromatic rings. The van der Waals surface area contributed by atoms with E-state index < -0.39 is 0 Å². The van der Waals surface area contributed by atoms with E-state index in [-0.39, 0.29) is 12.6 Å². The van der Waals surface area contributed by atoms with Gasteiger partial charge in [-0.2, -0.15) is 0 Å². The van der Waals surface area contributed by atoms with Gasteiger partial charge < -0.3 is 19.9 Å². The van der Waals surface area contributed by atoms with Gasteiger partial charge in [-0.1, -0.05) is 6.92 Å². The molecule has 0 spiro atoms. The maximum atomic E-state index is 9.27. The van der Waals surface area contributed by atoms with Gasteiger partial charge in [0, 0.05) is 32.3 Å². The molecule has 0 fully saturated rings. The second kappa shape index (κ2) is 14.2. The first-order valence-electron chi connectivity index (χ1n) is 7.50. The van der Waals surface area contributed by atoms with Gasteiger partial charge >= 0.3 is 0 Å². The quantitative estimate of drug-likeness (QED) is 0.458. The molecule has 0 rings (SSSR count). The monoisotopic (exact) mass is 276 g/mol. The van der Waals surface area contributed by atoms with E-state index in [9.17, 15) is 5.11 Å². The smallest absolute Gasteiger partial charge is 0.0593 e. The molecule has 19 heavy (non-hydrogen) atoms. The number of nitrogens with one attached hydrogen (secondary N) is 1. The fraction of sp³-hybridized carbons (Fsp3) is 1.00. The van der Waals surface area contributed by atoms with Crippen LogP contribution in [0.1, 0.15) is 27.2 Å². The Kier molecular flexibility index (Phi) is 14.1. The van der Waals surface area contributed by atoms with Gasteiger partial charge in [0.1, 0.15) is 0 Å². The van der Waals surface area contributed by atoms with Gasteiger partial charge in [-0.25, -0.2) is 0 Å². The number of likely N-dealkylation sites (N-methyl/N-ethyl adjacent to an activating group) is 1. The highest BCUT2D eigenvalue weighted by molar-refractivity contribution is 4.68. The van der Waals surface area contributed by atoms with E-state index in [0.29, 0.717) is 0 Å². The summed E-state index contributed by atoms with van der Waals surface area (Å²) < 4.78 is 10.8. The van der Waals surface area contributed by atoms with Crippen molar-refractivity contribution in [1.82, 2.24) is 10.2 Å². The van der Waals surface area contributed by atoms with E-state index in [2.05, 4.69) is 17.1 Å². The third-order valence-corrected chi connectivity index (χ3v) is 3.02. The third-order valence-electron chi connectivity index (χ3n) is 3.02. The molecule has 0 aliphatic carbocycles. The van der Waals surface area contributed by atoms with E-state index in [4.69, 9.17) is 9.47 Å². The van der Waals surface area contributed by atoms with Crippen LogP contribution in [0.15, 0.2) is 0 Å². The second-order valence-corrected chi connectivity index (χ2v) is 4.46. The maximum Gasteiger partial charge on any atom is 0.0593 e. The lowest BCUT2D eigenvalue weighted by molar-refractivity contribution is 0.0796. The van der Waals surface area contributed by atoms with Crippen LogP contribution in [0.5, 0.6) is 0 Å². The summed E-state index contributed by atoms with van der Waals surface area (Å²) in [6, 6.07) is 0.187. The van der Waals surface area contributed by atoms with Gasteiger partial charge in [0.15, 0.2) is 0 Å². The molecule has 0 bridgehead atoms. The largest absolute Gasteiger partial charge is 0.395 e. The SMILES string of the molecule is CCNC(CO)CCN(CCOCC)CCOCC. The first kappa shape index (κ1) is 18.8. The van der Waals surface area contributed by atoms with Crippen molar-refractivity contribution < 1.29 is 14.6 Å². The van der Waals surface area contributed by atoms with Crippen molar-refractivity contribution >= 4 is 0 Å². The molecular weight excluding hydrogens is 244 g/mol. The van der Waals surface area contributed by atoms with E-state index in [1.807, 2.05) is 13.8 Å². The predicted octanol–water partition coefficient (Wildman–Crippen LogP) is 0.722. The van der Waals surface area contributed by atoms with Crippen LogP contribution in [0.3, 0.4) is 0 Å². The topological polar surface area (TPSA) is 54.0 Å². The molecule has 0 radical (unpaired) electrons. The van der Waals surface area contributed by atoms with Crippen molar-refractivity contribution in [1.29, 1.82) is 0 Å². The van der Waals surface area contributed by atoms with Crippen molar-refractivity contribution in [3.8, 4) is 0 Å². The Morgan fingerprint density at radius 3 is 2.00 bits per heavy atom. The molecule has 5 nitrogen and oxygen atoms in total. The molecular formula is C14H32N2O3. The van der Waals surface area contributed by atoms with Gasteiger partial charge in [0.25, 0.3) is 0 Å². The fourth-order valence-electron chi connectivity index (χ4n) is 1.90. The van der Waals surface area contributed by atoms with Gasteiger partial charge in [0.2, 0.25) is 0 Å². The van der Waals surface area contributed by atoms with E-state index >= 15 is 0 Å². The summed E-state index contributed by atoms with van der Waals surface area (Å²) in [5.41, 5.74) is 0. The van der Waals surface area contributed by atoms with Crippen molar-refractivity contribution in [2.45, 2.75) is 33.2 Å². The van der Waals surface area contributed by atoms with Crippen LogP contribution < -0.4 is 5.32 Å². The Balaban J connectivity index is 3.93. The average molecular weight is 276 g/mol. The molecule has 116 valence electrons. The molecule has 1 unspecified atom stereocenters. The van der Waals surface area contributed by atoms with Crippen LogP contribution in [0.4, 0.5) is 0 Å². The van der Waals surface area contributed by atoms with Crippen LogP contribution in [-0.4, -0.2) is 75.3 Å². The van der Waals surface area contributed by atoms with Crippen LogP contribution in [0, 0.1) is 0 Å². The van der Waals surface area contributed by atoms with Crippen LogP contribution in [-0.2, 0) is 9.47 Å². The Morgan fingerprint density at radius 1 is 1.00 bits per heavy atom. The van der Waals surface area contributed by atoms with Gasteiger partial charge in [-0.3, -0.25) is 4.90 Å². The predicted molar refractivity (Wildman–Crippen MR) is 78.6 cm³/mol. The Morgan fingerprint density at radius 2 is 1.58 bits per heavy atom. The maximum absolute atomic E-state index is 9.27. The molecule has 0 aliphatic heterocycles. The number of rotatable bonds is 14. The Labute approximate surface area is 118 Å². The summed E-state index contributed by atoms with van der Waals surface area (Å²) in [5.74, 6) is 0. The van der Waals surface area contributed by atoms with Crippen molar-refractivity contribution in [3.63, 3.8) is 0 Å². The van der Waals surface area contributed by atoms with Crippen LogP contribution >= 0.6 is 0 Å². The van der Waals surface area contributed by atoms with E-state index in [0.717, 1.165) is 59.0 Å². The summed E-state index contributed by atoms with van der Waals surface area (Å²) in [4.78, 5) is 2.34. The lowest BCUT2D eigenvalue weighted by atomic mass is 10.2. The molecule has 0 saturated heterocycles. The molecule has 0 heterocycles. The zero-order valence-corrected chi connectivity index (χ0v) is 12.9. The summed E-state index contributed by atoms with van der Waals surface area (Å²) in [6.45, 7) is 13.0. The minimum atomic E-state index is 0.187. The summed E-state index contributed by atoms with van der Waals surface area (Å²) in [5, 5.41) is 12.6. The highest BCUT2D eigenvalue weighted by Gasteiger charge is 2.10. The lowest BCUT2D eigenvalue weighted by Gasteiger charge is -2.24. The third kappa shape index (κ3) is 11.3. The standard InChI is InChI=1S/C14H32N2O3/c1-4-15-14(13-17)7-8-16(9-11-18-5-2)10-12-19-6-3/h14-15,17H,4-13H2,1-3H3. The molecule has 1 atom stereocenters. The first-order chi connectivity index (χ1) is 9.28. The van der Waals surface area contributed by atoms with Crippen LogP contribution in [0.25, 0.3) is 0 Å².